The van der Waals surface area contributed by atoms with Gasteiger partial charge in [0.1, 0.15) is 0 Å². The standard InChI is InChI=1S/C12H16N/c1-2-5-11(6-3-1)9-12-7-4-8-13-10-12/h1-3,5-6,12H,4,7-10H2/t12-/m0/s1. The van der Waals surface area contributed by atoms with Crippen molar-refractivity contribution < 1.29 is 0 Å². The van der Waals surface area contributed by atoms with Crippen LogP contribution in [0.1, 0.15) is 18.4 Å². The van der Waals surface area contributed by atoms with Gasteiger partial charge in [-0.3, -0.25) is 0 Å². The summed E-state index contributed by atoms with van der Waals surface area (Å²) in [6.07, 6.45) is 3.86. The lowest BCUT2D eigenvalue weighted by Gasteiger charge is -2.21. The van der Waals surface area contributed by atoms with Gasteiger partial charge >= 0.3 is 0 Å². The highest BCUT2D eigenvalue weighted by molar-refractivity contribution is 5.15. The van der Waals surface area contributed by atoms with E-state index in [-0.39, 0.29) is 0 Å². The molecule has 0 unspecified atom stereocenters. The zero-order valence-corrected chi connectivity index (χ0v) is 7.95. The Balaban J connectivity index is 1.90. The highest BCUT2D eigenvalue weighted by Gasteiger charge is 2.13. The molecule has 1 saturated heterocycles. The van der Waals surface area contributed by atoms with Crippen LogP contribution in [-0.4, -0.2) is 13.1 Å². The van der Waals surface area contributed by atoms with Crippen molar-refractivity contribution in [2.45, 2.75) is 19.3 Å². The summed E-state index contributed by atoms with van der Waals surface area (Å²) in [6, 6.07) is 10.8. The van der Waals surface area contributed by atoms with Gasteiger partial charge < -0.3 is 0 Å². The Kier molecular flexibility index (Phi) is 2.98. The van der Waals surface area contributed by atoms with E-state index in [0.717, 1.165) is 19.0 Å². The topological polar surface area (TPSA) is 14.1 Å². The third kappa shape index (κ3) is 2.56. The van der Waals surface area contributed by atoms with Gasteiger partial charge in [-0.05, 0) is 30.7 Å². The lowest BCUT2D eigenvalue weighted by molar-refractivity contribution is 0.370. The van der Waals surface area contributed by atoms with Crippen LogP contribution in [0, 0.1) is 5.92 Å². The summed E-state index contributed by atoms with van der Waals surface area (Å²) in [4.78, 5) is 0. The minimum absolute atomic E-state index is 0.802. The van der Waals surface area contributed by atoms with E-state index in [4.69, 9.17) is 0 Å². The average molecular weight is 174 g/mol. The van der Waals surface area contributed by atoms with Crippen LogP contribution in [0.5, 0.6) is 0 Å². The van der Waals surface area contributed by atoms with Crippen molar-refractivity contribution in [2.24, 2.45) is 5.92 Å². The van der Waals surface area contributed by atoms with Crippen molar-refractivity contribution in [3.63, 3.8) is 0 Å². The maximum absolute atomic E-state index is 4.45. The van der Waals surface area contributed by atoms with E-state index in [1.807, 2.05) is 0 Å². The van der Waals surface area contributed by atoms with E-state index < -0.39 is 0 Å². The third-order valence-corrected chi connectivity index (χ3v) is 2.68. The lowest BCUT2D eigenvalue weighted by atomic mass is 9.92. The van der Waals surface area contributed by atoms with Gasteiger partial charge in [-0.25, -0.2) is 5.32 Å². The second-order valence-corrected chi connectivity index (χ2v) is 3.83. The van der Waals surface area contributed by atoms with Crippen LogP contribution in [-0.2, 0) is 6.42 Å². The molecule has 0 spiro atoms. The second kappa shape index (κ2) is 4.43. The van der Waals surface area contributed by atoms with Gasteiger partial charge in [-0.1, -0.05) is 30.3 Å². The Morgan fingerprint density at radius 1 is 1.23 bits per heavy atom. The smallest absolute Gasteiger partial charge is 0.0164 e. The molecule has 1 radical (unpaired) electrons. The number of piperidine rings is 1. The van der Waals surface area contributed by atoms with Gasteiger partial charge in [0, 0.05) is 13.1 Å². The number of nitrogens with zero attached hydrogens (tertiary/aromatic N) is 1. The molecule has 1 atom stereocenters. The first-order valence-corrected chi connectivity index (χ1v) is 5.12. The van der Waals surface area contributed by atoms with Gasteiger partial charge in [-0.2, -0.15) is 0 Å². The highest BCUT2D eigenvalue weighted by Crippen LogP contribution is 2.16. The molecule has 0 N–H and O–H groups in total. The summed E-state index contributed by atoms with van der Waals surface area (Å²) < 4.78 is 0. The molecule has 0 saturated carbocycles. The molecule has 0 aliphatic carbocycles. The Hall–Kier alpha value is -0.820. The van der Waals surface area contributed by atoms with Crippen molar-refractivity contribution in [3.05, 3.63) is 35.9 Å². The summed E-state index contributed by atoms with van der Waals surface area (Å²) in [5.74, 6) is 0.802. The SMILES string of the molecule is c1ccc(C[C@@H]2CCC[N]C2)cc1. The number of hydrogen-bond donors (Lipinski definition) is 0. The Labute approximate surface area is 80.2 Å². The lowest BCUT2D eigenvalue weighted by Crippen LogP contribution is -2.25. The molecule has 1 aliphatic rings. The normalized spacial score (nSPS) is 22.9. The molecular weight excluding hydrogens is 158 g/mol. The van der Waals surface area contributed by atoms with E-state index >= 15 is 0 Å². The molecule has 1 heteroatoms. The Bertz CT molecular complexity index is 237. The molecule has 0 aromatic heterocycles. The molecule has 1 nitrogen and oxygen atoms in total. The van der Waals surface area contributed by atoms with Crippen LogP contribution >= 0.6 is 0 Å². The van der Waals surface area contributed by atoms with Crippen LogP contribution in [0.3, 0.4) is 0 Å². The molecule has 2 rings (SSSR count). The predicted octanol–water partition coefficient (Wildman–Crippen LogP) is 2.24. The fourth-order valence-electron chi connectivity index (χ4n) is 1.97. The Morgan fingerprint density at radius 2 is 2.08 bits per heavy atom. The molecule has 1 aromatic rings. The van der Waals surface area contributed by atoms with E-state index in [1.165, 1.54) is 24.8 Å². The number of benzene rings is 1. The van der Waals surface area contributed by atoms with Crippen molar-refractivity contribution in [2.75, 3.05) is 13.1 Å². The van der Waals surface area contributed by atoms with Crippen molar-refractivity contribution in [3.8, 4) is 0 Å². The van der Waals surface area contributed by atoms with Gasteiger partial charge in [-0.15, -0.1) is 0 Å². The van der Waals surface area contributed by atoms with E-state index in [9.17, 15) is 0 Å². The zero-order valence-electron chi connectivity index (χ0n) is 7.95. The van der Waals surface area contributed by atoms with Crippen LogP contribution < -0.4 is 5.32 Å². The average Bonchev–Trinajstić information content (AvgIpc) is 2.21. The third-order valence-electron chi connectivity index (χ3n) is 2.68. The van der Waals surface area contributed by atoms with Crippen LogP contribution in [0.25, 0.3) is 0 Å². The van der Waals surface area contributed by atoms with Crippen LogP contribution in [0.15, 0.2) is 30.3 Å². The number of hydrogen-bond acceptors (Lipinski definition) is 0. The fourth-order valence-corrected chi connectivity index (χ4v) is 1.97. The predicted molar refractivity (Wildman–Crippen MR) is 54.7 cm³/mol. The van der Waals surface area contributed by atoms with Gasteiger partial charge in [0.05, 0.1) is 0 Å². The summed E-state index contributed by atoms with van der Waals surface area (Å²) in [7, 11) is 0. The largest absolute Gasteiger partial charge is 0.241 e. The quantitative estimate of drug-likeness (QED) is 0.653. The van der Waals surface area contributed by atoms with E-state index in [1.54, 1.807) is 0 Å². The van der Waals surface area contributed by atoms with E-state index in [2.05, 4.69) is 35.6 Å². The molecule has 1 heterocycles. The molecule has 1 aromatic carbocycles. The summed E-state index contributed by atoms with van der Waals surface area (Å²) in [6.45, 7) is 2.17. The van der Waals surface area contributed by atoms with Crippen molar-refractivity contribution in [1.29, 1.82) is 0 Å². The van der Waals surface area contributed by atoms with E-state index in [0.29, 0.717) is 0 Å². The maximum atomic E-state index is 4.45. The highest BCUT2D eigenvalue weighted by atomic mass is 14.9. The summed E-state index contributed by atoms with van der Waals surface area (Å²) >= 11 is 0. The summed E-state index contributed by atoms with van der Waals surface area (Å²) in [5, 5.41) is 4.45. The van der Waals surface area contributed by atoms with Crippen molar-refractivity contribution in [1.82, 2.24) is 5.32 Å². The second-order valence-electron chi connectivity index (χ2n) is 3.83. The number of rotatable bonds is 2. The van der Waals surface area contributed by atoms with Crippen molar-refractivity contribution >= 4 is 0 Å². The zero-order chi connectivity index (χ0) is 8.93. The minimum atomic E-state index is 0.802. The van der Waals surface area contributed by atoms with Gasteiger partial charge in [0.25, 0.3) is 0 Å². The minimum Gasteiger partial charge on any atom is -0.241 e. The molecule has 13 heavy (non-hydrogen) atoms. The Morgan fingerprint density at radius 3 is 2.77 bits per heavy atom. The first kappa shape index (κ1) is 8.76. The first-order valence-electron chi connectivity index (χ1n) is 5.12. The molecular formula is C12H16N. The van der Waals surface area contributed by atoms with Crippen LogP contribution in [0.4, 0.5) is 0 Å². The molecule has 1 aliphatic heterocycles. The van der Waals surface area contributed by atoms with Gasteiger partial charge in [0.2, 0.25) is 0 Å². The molecule has 1 fully saturated rings. The van der Waals surface area contributed by atoms with Gasteiger partial charge in [0.15, 0.2) is 0 Å². The maximum Gasteiger partial charge on any atom is 0.0164 e. The molecule has 0 bridgehead atoms. The first-order chi connectivity index (χ1) is 6.45. The fraction of sp³-hybridized carbons (Fsp3) is 0.500. The monoisotopic (exact) mass is 174 g/mol. The summed E-state index contributed by atoms with van der Waals surface area (Å²) in [5.41, 5.74) is 1.46. The van der Waals surface area contributed by atoms with Crippen LogP contribution in [0.2, 0.25) is 0 Å². The molecule has 0 amide bonds. The molecule has 69 valence electrons.